The second-order valence-electron chi connectivity index (χ2n) is 7.24. The van der Waals surface area contributed by atoms with Gasteiger partial charge in [0.2, 0.25) is 5.91 Å². The number of hydrogen-bond donors (Lipinski definition) is 4. The van der Waals surface area contributed by atoms with E-state index in [1.165, 1.54) is 0 Å². The van der Waals surface area contributed by atoms with Crippen molar-refractivity contribution in [1.82, 2.24) is 10.6 Å². The standard InChI is InChI=1S/C21H27BN2O4/c1-15(2)13-19(22(27)28)24-21(26)18(14-16-9-5-3-6-10-16)23-20(25)17-11-7-4-8-12-17/h3-12,15,18-19,27-28H,13-14H2,1-2H3,(H,23,25)(H,24,26)/t18-,19-/m0/s1. The van der Waals surface area contributed by atoms with Gasteiger partial charge in [-0.15, -0.1) is 0 Å². The minimum atomic E-state index is -1.67. The second-order valence-corrected chi connectivity index (χ2v) is 7.24. The Bertz CT molecular complexity index is 754. The van der Waals surface area contributed by atoms with Gasteiger partial charge in [-0.25, -0.2) is 0 Å². The maximum Gasteiger partial charge on any atom is 0.475 e. The molecule has 0 saturated heterocycles. The van der Waals surface area contributed by atoms with Crippen molar-refractivity contribution in [3.8, 4) is 0 Å². The molecule has 6 nitrogen and oxygen atoms in total. The maximum atomic E-state index is 12.9. The summed E-state index contributed by atoms with van der Waals surface area (Å²) >= 11 is 0. The molecule has 0 aliphatic carbocycles. The predicted octanol–water partition coefficient (Wildman–Crippen LogP) is 1.57. The largest absolute Gasteiger partial charge is 0.475 e. The van der Waals surface area contributed by atoms with Crippen LogP contribution in [-0.4, -0.2) is 41.0 Å². The van der Waals surface area contributed by atoms with Crippen molar-refractivity contribution in [2.24, 2.45) is 5.92 Å². The van der Waals surface area contributed by atoms with Crippen molar-refractivity contribution in [1.29, 1.82) is 0 Å². The molecule has 2 aromatic rings. The average Bonchev–Trinajstić information content (AvgIpc) is 2.68. The summed E-state index contributed by atoms with van der Waals surface area (Å²) in [5.41, 5.74) is 1.34. The molecule has 7 heteroatoms. The van der Waals surface area contributed by atoms with Crippen LogP contribution in [0, 0.1) is 5.92 Å². The third kappa shape index (κ3) is 6.83. The molecule has 0 saturated carbocycles. The fourth-order valence-corrected chi connectivity index (χ4v) is 2.94. The normalized spacial score (nSPS) is 12.9. The van der Waals surface area contributed by atoms with Crippen LogP contribution in [0.3, 0.4) is 0 Å². The topological polar surface area (TPSA) is 98.7 Å². The minimum Gasteiger partial charge on any atom is -0.426 e. The zero-order valence-electron chi connectivity index (χ0n) is 16.2. The highest BCUT2D eigenvalue weighted by Crippen LogP contribution is 2.09. The van der Waals surface area contributed by atoms with E-state index in [1.807, 2.05) is 50.2 Å². The van der Waals surface area contributed by atoms with E-state index in [2.05, 4.69) is 10.6 Å². The van der Waals surface area contributed by atoms with Crippen molar-refractivity contribution in [2.45, 2.75) is 38.7 Å². The molecule has 0 bridgehead atoms. The minimum absolute atomic E-state index is 0.165. The Morgan fingerprint density at radius 3 is 2.04 bits per heavy atom. The van der Waals surface area contributed by atoms with E-state index >= 15 is 0 Å². The van der Waals surface area contributed by atoms with E-state index in [1.54, 1.807) is 24.3 Å². The Morgan fingerprint density at radius 1 is 0.929 bits per heavy atom. The first-order valence-electron chi connectivity index (χ1n) is 9.43. The zero-order valence-corrected chi connectivity index (χ0v) is 16.2. The van der Waals surface area contributed by atoms with E-state index in [4.69, 9.17) is 0 Å². The fourth-order valence-electron chi connectivity index (χ4n) is 2.94. The Morgan fingerprint density at radius 2 is 1.50 bits per heavy atom. The summed E-state index contributed by atoms with van der Waals surface area (Å²) in [4.78, 5) is 25.4. The van der Waals surface area contributed by atoms with Gasteiger partial charge in [0.15, 0.2) is 0 Å². The lowest BCUT2D eigenvalue weighted by Gasteiger charge is -2.24. The third-order valence-electron chi connectivity index (χ3n) is 4.35. The molecule has 28 heavy (non-hydrogen) atoms. The Kier molecular flexibility index (Phi) is 8.23. The lowest BCUT2D eigenvalue weighted by molar-refractivity contribution is -0.123. The van der Waals surface area contributed by atoms with Crippen molar-refractivity contribution in [3.05, 3.63) is 71.8 Å². The lowest BCUT2D eigenvalue weighted by atomic mass is 9.75. The number of rotatable bonds is 9. The lowest BCUT2D eigenvalue weighted by Crippen LogP contribution is -2.55. The maximum absolute atomic E-state index is 12.9. The summed E-state index contributed by atoms with van der Waals surface area (Å²) in [7, 11) is -1.67. The van der Waals surface area contributed by atoms with Crippen LogP contribution in [-0.2, 0) is 11.2 Å². The van der Waals surface area contributed by atoms with Gasteiger partial charge in [-0.2, -0.15) is 0 Å². The second kappa shape index (κ2) is 10.6. The molecule has 2 amide bonds. The molecule has 2 rings (SSSR count). The molecule has 0 spiro atoms. The summed E-state index contributed by atoms with van der Waals surface area (Å²) in [5.74, 6) is -1.45. The fraction of sp³-hybridized carbons (Fsp3) is 0.333. The monoisotopic (exact) mass is 382 g/mol. The van der Waals surface area contributed by atoms with Crippen LogP contribution in [0.2, 0.25) is 0 Å². The van der Waals surface area contributed by atoms with Crippen molar-refractivity contribution in [2.75, 3.05) is 0 Å². The van der Waals surface area contributed by atoms with Gasteiger partial charge in [0.25, 0.3) is 5.91 Å². The van der Waals surface area contributed by atoms with Gasteiger partial charge in [-0.3, -0.25) is 9.59 Å². The smallest absolute Gasteiger partial charge is 0.426 e. The van der Waals surface area contributed by atoms with E-state index in [0.29, 0.717) is 18.4 Å². The van der Waals surface area contributed by atoms with Gasteiger partial charge in [0, 0.05) is 12.0 Å². The zero-order chi connectivity index (χ0) is 20.5. The van der Waals surface area contributed by atoms with Gasteiger partial charge in [-0.1, -0.05) is 62.4 Å². The van der Waals surface area contributed by atoms with E-state index in [-0.39, 0.29) is 11.8 Å². The van der Waals surface area contributed by atoms with E-state index in [9.17, 15) is 19.6 Å². The number of carbonyl (C=O) groups excluding carboxylic acids is 2. The van der Waals surface area contributed by atoms with Gasteiger partial charge in [0.05, 0.1) is 5.94 Å². The number of hydrogen-bond acceptors (Lipinski definition) is 4. The molecule has 148 valence electrons. The van der Waals surface area contributed by atoms with Gasteiger partial charge in [0.1, 0.15) is 6.04 Å². The molecule has 0 radical (unpaired) electrons. The van der Waals surface area contributed by atoms with E-state index < -0.39 is 25.0 Å². The molecule has 2 atom stereocenters. The highest BCUT2D eigenvalue weighted by Gasteiger charge is 2.30. The average molecular weight is 382 g/mol. The summed E-state index contributed by atoms with van der Waals surface area (Å²) in [6, 6.07) is 17.2. The number of benzene rings is 2. The number of nitrogens with one attached hydrogen (secondary N) is 2. The number of carbonyl (C=O) groups is 2. The van der Waals surface area contributed by atoms with Crippen LogP contribution in [0.15, 0.2) is 60.7 Å². The molecule has 0 aliphatic rings. The van der Waals surface area contributed by atoms with Crippen LogP contribution >= 0.6 is 0 Å². The van der Waals surface area contributed by atoms with Crippen molar-refractivity contribution >= 4 is 18.9 Å². The SMILES string of the molecule is CC(C)C[C@H](NC(=O)[C@H](Cc1ccccc1)NC(=O)c1ccccc1)B(O)O. The molecule has 0 heterocycles. The van der Waals surface area contributed by atoms with E-state index in [0.717, 1.165) is 5.56 Å². The van der Waals surface area contributed by atoms with Crippen LogP contribution in [0.4, 0.5) is 0 Å². The van der Waals surface area contributed by atoms with Gasteiger partial charge < -0.3 is 20.7 Å². The summed E-state index contributed by atoms with van der Waals surface area (Å²) in [5, 5.41) is 24.6. The van der Waals surface area contributed by atoms with Crippen LogP contribution < -0.4 is 10.6 Å². The molecule has 4 N–H and O–H groups in total. The molecular formula is C21H27BN2O4. The number of amides is 2. The highest BCUT2D eigenvalue weighted by molar-refractivity contribution is 6.43. The quantitative estimate of drug-likeness (QED) is 0.495. The van der Waals surface area contributed by atoms with Crippen LogP contribution in [0.5, 0.6) is 0 Å². The predicted molar refractivity (Wildman–Crippen MR) is 109 cm³/mol. The van der Waals surface area contributed by atoms with Gasteiger partial charge in [-0.05, 0) is 30.0 Å². The molecule has 0 aliphatic heterocycles. The van der Waals surface area contributed by atoms with Crippen LogP contribution in [0.1, 0.15) is 36.2 Å². The Labute approximate surface area is 166 Å². The molecule has 0 fully saturated rings. The summed E-state index contributed by atoms with van der Waals surface area (Å²) in [6.45, 7) is 3.86. The molecule has 2 aromatic carbocycles. The Balaban J connectivity index is 2.16. The molecule has 0 unspecified atom stereocenters. The summed E-state index contributed by atoms with van der Waals surface area (Å²) in [6.07, 6.45) is 0.704. The van der Waals surface area contributed by atoms with Crippen molar-refractivity contribution < 1.29 is 19.6 Å². The Hall–Kier alpha value is -2.64. The van der Waals surface area contributed by atoms with Gasteiger partial charge >= 0.3 is 7.12 Å². The first-order chi connectivity index (χ1) is 13.4. The third-order valence-corrected chi connectivity index (χ3v) is 4.35. The molecule has 0 aromatic heterocycles. The first kappa shape index (κ1) is 21.7. The molecular weight excluding hydrogens is 355 g/mol. The first-order valence-corrected chi connectivity index (χ1v) is 9.43. The van der Waals surface area contributed by atoms with Crippen LogP contribution in [0.25, 0.3) is 0 Å². The summed E-state index contributed by atoms with van der Waals surface area (Å²) < 4.78 is 0. The highest BCUT2D eigenvalue weighted by atomic mass is 16.4. The van der Waals surface area contributed by atoms with Crippen molar-refractivity contribution in [3.63, 3.8) is 0 Å².